The number of carbonyl (C=O) groups is 1. The maximum Gasteiger partial charge on any atom is 0.410 e. The highest BCUT2D eigenvalue weighted by molar-refractivity contribution is 5.69. The summed E-state index contributed by atoms with van der Waals surface area (Å²) in [5.74, 6) is 0.199. The molecule has 134 valence electrons. The Morgan fingerprint density at radius 1 is 1.36 bits per heavy atom. The number of anilines is 1. The van der Waals surface area contributed by atoms with Crippen molar-refractivity contribution < 1.29 is 13.9 Å². The van der Waals surface area contributed by atoms with Crippen LogP contribution in [-0.4, -0.2) is 32.9 Å². The van der Waals surface area contributed by atoms with Gasteiger partial charge in [0.1, 0.15) is 17.2 Å². The molecule has 1 aliphatic heterocycles. The summed E-state index contributed by atoms with van der Waals surface area (Å²) in [5.41, 5.74) is 8.63. The van der Waals surface area contributed by atoms with E-state index in [0.29, 0.717) is 36.6 Å². The van der Waals surface area contributed by atoms with Crippen LogP contribution < -0.4 is 5.73 Å². The van der Waals surface area contributed by atoms with Gasteiger partial charge in [0.2, 0.25) is 0 Å². The summed E-state index contributed by atoms with van der Waals surface area (Å²) in [4.78, 5) is 13.9. The standard InChI is InChI=1S/C18H23FN4O2/c1-11-9-12(5-6-14(11)19)23-16(20)13-10-22(8-7-15(13)21-23)17(24)25-18(2,3)4/h5-6,9H,7-8,10,20H2,1-4H3. The molecular weight excluding hydrogens is 323 g/mol. The van der Waals surface area contributed by atoms with Gasteiger partial charge in [-0.1, -0.05) is 0 Å². The molecule has 0 unspecified atom stereocenters. The van der Waals surface area contributed by atoms with E-state index in [2.05, 4.69) is 5.10 Å². The molecule has 0 fully saturated rings. The topological polar surface area (TPSA) is 73.4 Å². The zero-order valence-electron chi connectivity index (χ0n) is 15.0. The SMILES string of the molecule is Cc1cc(-n2nc3c(c2N)CN(C(=O)OC(C)(C)C)CC3)ccc1F. The van der Waals surface area contributed by atoms with E-state index in [-0.39, 0.29) is 11.9 Å². The number of amides is 1. The average Bonchev–Trinajstić information content (AvgIpc) is 2.85. The second kappa shape index (κ2) is 6.06. The Hall–Kier alpha value is -2.57. The predicted molar refractivity (Wildman–Crippen MR) is 93.0 cm³/mol. The number of hydrogen-bond acceptors (Lipinski definition) is 4. The highest BCUT2D eigenvalue weighted by Gasteiger charge is 2.29. The molecule has 1 amide bonds. The molecule has 1 aromatic carbocycles. The largest absolute Gasteiger partial charge is 0.444 e. The maximum absolute atomic E-state index is 13.5. The van der Waals surface area contributed by atoms with Crippen LogP contribution in [0.5, 0.6) is 0 Å². The molecule has 0 aliphatic carbocycles. The first kappa shape index (κ1) is 17.3. The van der Waals surface area contributed by atoms with Crippen LogP contribution in [0.4, 0.5) is 15.0 Å². The van der Waals surface area contributed by atoms with Crippen LogP contribution in [-0.2, 0) is 17.7 Å². The lowest BCUT2D eigenvalue weighted by Crippen LogP contribution is -2.39. The Morgan fingerprint density at radius 3 is 2.72 bits per heavy atom. The highest BCUT2D eigenvalue weighted by Crippen LogP contribution is 2.28. The van der Waals surface area contributed by atoms with Gasteiger partial charge in [-0.2, -0.15) is 5.10 Å². The van der Waals surface area contributed by atoms with E-state index in [1.165, 1.54) is 6.07 Å². The molecule has 0 radical (unpaired) electrons. The Kier molecular flexibility index (Phi) is 4.18. The van der Waals surface area contributed by atoms with Gasteiger partial charge in [-0.25, -0.2) is 13.9 Å². The van der Waals surface area contributed by atoms with E-state index >= 15 is 0 Å². The third kappa shape index (κ3) is 3.45. The smallest absolute Gasteiger partial charge is 0.410 e. The molecule has 6 nitrogen and oxygen atoms in total. The Labute approximate surface area is 146 Å². The number of rotatable bonds is 1. The number of hydrogen-bond donors (Lipinski definition) is 1. The van der Waals surface area contributed by atoms with Crippen molar-refractivity contribution >= 4 is 11.9 Å². The number of ether oxygens (including phenoxy) is 1. The molecule has 0 spiro atoms. The zero-order valence-corrected chi connectivity index (χ0v) is 15.0. The second-order valence-corrected chi connectivity index (χ2v) is 7.31. The summed E-state index contributed by atoms with van der Waals surface area (Å²) in [6.07, 6.45) is 0.245. The van der Waals surface area contributed by atoms with Crippen molar-refractivity contribution in [1.29, 1.82) is 0 Å². The number of halogens is 1. The third-order valence-corrected chi connectivity index (χ3v) is 4.11. The Bertz CT molecular complexity index is 823. The van der Waals surface area contributed by atoms with Crippen LogP contribution in [0.3, 0.4) is 0 Å². The molecule has 0 saturated carbocycles. The van der Waals surface area contributed by atoms with Crippen LogP contribution in [0.25, 0.3) is 5.69 Å². The van der Waals surface area contributed by atoms with Crippen molar-refractivity contribution in [3.8, 4) is 5.69 Å². The minimum Gasteiger partial charge on any atom is -0.444 e. The van der Waals surface area contributed by atoms with E-state index in [0.717, 1.165) is 11.3 Å². The van der Waals surface area contributed by atoms with Crippen molar-refractivity contribution in [2.24, 2.45) is 0 Å². The van der Waals surface area contributed by atoms with Crippen molar-refractivity contribution in [2.75, 3.05) is 12.3 Å². The van der Waals surface area contributed by atoms with Gasteiger partial charge in [0.25, 0.3) is 0 Å². The first-order valence-corrected chi connectivity index (χ1v) is 8.26. The molecular formula is C18H23FN4O2. The fraction of sp³-hybridized carbons (Fsp3) is 0.444. The van der Waals surface area contributed by atoms with Gasteiger partial charge in [0.15, 0.2) is 0 Å². The van der Waals surface area contributed by atoms with E-state index < -0.39 is 5.60 Å². The van der Waals surface area contributed by atoms with E-state index in [9.17, 15) is 9.18 Å². The Balaban J connectivity index is 1.87. The second-order valence-electron chi connectivity index (χ2n) is 7.31. The minimum absolute atomic E-state index is 0.268. The van der Waals surface area contributed by atoms with Crippen molar-refractivity contribution in [1.82, 2.24) is 14.7 Å². The summed E-state index contributed by atoms with van der Waals surface area (Å²) in [6, 6.07) is 4.75. The molecule has 25 heavy (non-hydrogen) atoms. The number of nitrogen functional groups attached to an aromatic ring is 1. The van der Waals surface area contributed by atoms with Gasteiger partial charge in [0, 0.05) is 18.5 Å². The van der Waals surface area contributed by atoms with Crippen LogP contribution in [0.1, 0.15) is 37.6 Å². The summed E-state index contributed by atoms with van der Waals surface area (Å²) in [7, 11) is 0. The molecule has 0 bridgehead atoms. The summed E-state index contributed by atoms with van der Waals surface area (Å²) < 4.78 is 20.5. The number of carbonyl (C=O) groups excluding carboxylic acids is 1. The van der Waals surface area contributed by atoms with Crippen LogP contribution in [0, 0.1) is 12.7 Å². The zero-order chi connectivity index (χ0) is 18.4. The molecule has 2 N–H and O–H groups in total. The number of benzene rings is 1. The summed E-state index contributed by atoms with van der Waals surface area (Å²) >= 11 is 0. The van der Waals surface area contributed by atoms with Crippen molar-refractivity contribution in [2.45, 2.75) is 46.3 Å². The molecule has 7 heteroatoms. The first-order chi connectivity index (χ1) is 11.7. The maximum atomic E-state index is 13.5. The van der Waals surface area contributed by atoms with Gasteiger partial charge in [0.05, 0.1) is 17.9 Å². The molecule has 1 aliphatic rings. The van der Waals surface area contributed by atoms with Gasteiger partial charge in [-0.3, -0.25) is 0 Å². The monoisotopic (exact) mass is 346 g/mol. The fourth-order valence-corrected chi connectivity index (χ4v) is 2.83. The summed E-state index contributed by atoms with van der Waals surface area (Å²) in [5, 5.41) is 4.55. The predicted octanol–water partition coefficient (Wildman–Crippen LogP) is 3.20. The molecule has 2 heterocycles. The lowest BCUT2D eigenvalue weighted by atomic mass is 10.1. The number of nitrogens with two attached hydrogens (primary N) is 1. The minimum atomic E-state index is -0.543. The first-order valence-electron chi connectivity index (χ1n) is 8.26. The average molecular weight is 346 g/mol. The van der Waals surface area contributed by atoms with Crippen LogP contribution in [0.2, 0.25) is 0 Å². The van der Waals surface area contributed by atoms with Crippen LogP contribution >= 0.6 is 0 Å². The fourth-order valence-electron chi connectivity index (χ4n) is 2.83. The molecule has 2 aromatic rings. The van der Waals surface area contributed by atoms with E-state index in [4.69, 9.17) is 10.5 Å². The highest BCUT2D eigenvalue weighted by atomic mass is 19.1. The van der Waals surface area contributed by atoms with Crippen molar-refractivity contribution in [3.63, 3.8) is 0 Å². The van der Waals surface area contributed by atoms with Crippen molar-refractivity contribution in [3.05, 3.63) is 40.8 Å². The van der Waals surface area contributed by atoms with Gasteiger partial charge in [-0.15, -0.1) is 0 Å². The third-order valence-electron chi connectivity index (χ3n) is 4.11. The molecule has 1 aromatic heterocycles. The van der Waals surface area contributed by atoms with Gasteiger partial charge in [-0.05, 0) is 51.5 Å². The normalized spacial score (nSPS) is 14.4. The molecule has 3 rings (SSSR count). The summed E-state index contributed by atoms with van der Waals surface area (Å²) in [6.45, 7) is 8.09. The van der Waals surface area contributed by atoms with E-state index in [1.807, 2.05) is 20.8 Å². The van der Waals surface area contributed by atoms with Crippen LogP contribution in [0.15, 0.2) is 18.2 Å². The van der Waals surface area contributed by atoms with Gasteiger partial charge < -0.3 is 15.4 Å². The quantitative estimate of drug-likeness (QED) is 0.860. The number of aryl methyl sites for hydroxylation is 1. The number of nitrogens with zero attached hydrogens (tertiary/aromatic N) is 3. The Morgan fingerprint density at radius 2 is 2.08 bits per heavy atom. The number of aromatic nitrogens is 2. The molecule has 0 saturated heterocycles. The number of fused-ring (bicyclic) bond motifs is 1. The van der Waals surface area contributed by atoms with Gasteiger partial charge >= 0.3 is 6.09 Å². The van der Waals surface area contributed by atoms with E-state index in [1.54, 1.807) is 28.6 Å². The lowest BCUT2D eigenvalue weighted by Gasteiger charge is -2.29. The molecule has 0 atom stereocenters. The lowest BCUT2D eigenvalue weighted by molar-refractivity contribution is 0.0224.